The van der Waals surface area contributed by atoms with Gasteiger partial charge in [0.25, 0.3) is 0 Å². The molecule has 0 aliphatic heterocycles. The third-order valence-electron chi connectivity index (χ3n) is 3.08. The number of nitrogens with two attached hydrogens (primary N) is 1. The van der Waals surface area contributed by atoms with Gasteiger partial charge < -0.3 is 15.6 Å². The molecule has 18 heavy (non-hydrogen) atoms. The fourth-order valence-electron chi connectivity index (χ4n) is 2.01. The SMILES string of the molecule is COc1cccc(C(O)CCCC(C)(C)C)c1N. The summed E-state index contributed by atoms with van der Waals surface area (Å²) in [4.78, 5) is 0. The molecule has 1 unspecified atom stereocenters. The summed E-state index contributed by atoms with van der Waals surface area (Å²) in [7, 11) is 1.58. The van der Waals surface area contributed by atoms with Crippen molar-refractivity contribution in [2.24, 2.45) is 5.41 Å². The minimum Gasteiger partial charge on any atom is -0.495 e. The van der Waals surface area contributed by atoms with Gasteiger partial charge in [-0.05, 0) is 24.3 Å². The lowest BCUT2D eigenvalue weighted by molar-refractivity contribution is 0.158. The van der Waals surface area contributed by atoms with Crippen molar-refractivity contribution >= 4 is 5.69 Å². The Morgan fingerprint density at radius 3 is 2.56 bits per heavy atom. The summed E-state index contributed by atoms with van der Waals surface area (Å²) in [5, 5.41) is 10.2. The van der Waals surface area contributed by atoms with Crippen LogP contribution >= 0.6 is 0 Å². The van der Waals surface area contributed by atoms with Gasteiger partial charge in [0.2, 0.25) is 0 Å². The molecule has 3 heteroatoms. The molecule has 0 saturated heterocycles. The minimum absolute atomic E-state index is 0.305. The fourth-order valence-corrected chi connectivity index (χ4v) is 2.01. The first-order valence-electron chi connectivity index (χ1n) is 6.45. The molecule has 1 aromatic rings. The molecule has 1 aromatic carbocycles. The van der Waals surface area contributed by atoms with Crippen LogP contribution < -0.4 is 10.5 Å². The zero-order valence-corrected chi connectivity index (χ0v) is 11.9. The van der Waals surface area contributed by atoms with E-state index in [0.717, 1.165) is 24.8 Å². The predicted octanol–water partition coefficient (Wildman–Crippen LogP) is 3.53. The Balaban J connectivity index is 2.64. The Kier molecular flexibility index (Phi) is 5.03. The molecule has 0 spiro atoms. The smallest absolute Gasteiger partial charge is 0.142 e. The predicted molar refractivity (Wildman–Crippen MR) is 75.7 cm³/mol. The van der Waals surface area contributed by atoms with E-state index in [0.29, 0.717) is 16.9 Å². The first-order valence-corrected chi connectivity index (χ1v) is 6.45. The summed E-state index contributed by atoms with van der Waals surface area (Å²) in [6, 6.07) is 5.53. The number of rotatable bonds is 5. The molecule has 3 nitrogen and oxygen atoms in total. The lowest BCUT2D eigenvalue weighted by atomic mass is 9.88. The van der Waals surface area contributed by atoms with E-state index in [1.807, 2.05) is 12.1 Å². The van der Waals surface area contributed by atoms with E-state index in [1.54, 1.807) is 13.2 Å². The van der Waals surface area contributed by atoms with E-state index < -0.39 is 6.10 Å². The van der Waals surface area contributed by atoms with Crippen LogP contribution in [0.4, 0.5) is 5.69 Å². The summed E-state index contributed by atoms with van der Waals surface area (Å²) in [5.74, 6) is 0.627. The highest BCUT2D eigenvalue weighted by Gasteiger charge is 2.16. The van der Waals surface area contributed by atoms with Crippen molar-refractivity contribution in [1.82, 2.24) is 0 Å². The molecule has 0 aliphatic rings. The Hall–Kier alpha value is -1.22. The molecule has 1 atom stereocenters. The zero-order chi connectivity index (χ0) is 13.8. The molecule has 0 aliphatic carbocycles. The van der Waals surface area contributed by atoms with E-state index in [2.05, 4.69) is 20.8 Å². The Bertz CT molecular complexity index is 383. The number of benzene rings is 1. The molecule has 102 valence electrons. The highest BCUT2D eigenvalue weighted by Crippen LogP contribution is 2.32. The van der Waals surface area contributed by atoms with Crippen LogP contribution in [0.5, 0.6) is 5.75 Å². The van der Waals surface area contributed by atoms with Gasteiger partial charge in [0, 0.05) is 5.56 Å². The van der Waals surface area contributed by atoms with Gasteiger partial charge in [0.05, 0.1) is 18.9 Å². The second-order valence-electron chi connectivity index (χ2n) is 5.93. The number of ether oxygens (including phenoxy) is 1. The summed E-state index contributed by atoms with van der Waals surface area (Å²) in [5.41, 5.74) is 7.58. The van der Waals surface area contributed by atoms with Crippen molar-refractivity contribution in [3.8, 4) is 5.75 Å². The number of aliphatic hydroxyl groups excluding tert-OH is 1. The van der Waals surface area contributed by atoms with Gasteiger partial charge in [-0.15, -0.1) is 0 Å². The number of para-hydroxylation sites is 1. The summed E-state index contributed by atoms with van der Waals surface area (Å²) >= 11 is 0. The monoisotopic (exact) mass is 251 g/mol. The third-order valence-corrected chi connectivity index (χ3v) is 3.08. The normalized spacial score (nSPS) is 13.4. The number of methoxy groups -OCH3 is 1. The van der Waals surface area contributed by atoms with Gasteiger partial charge in [0.1, 0.15) is 5.75 Å². The Morgan fingerprint density at radius 2 is 2.00 bits per heavy atom. The molecule has 0 saturated carbocycles. The third kappa shape index (κ3) is 4.22. The van der Waals surface area contributed by atoms with Crippen LogP contribution in [0.2, 0.25) is 0 Å². The fraction of sp³-hybridized carbons (Fsp3) is 0.600. The maximum atomic E-state index is 10.2. The summed E-state index contributed by atoms with van der Waals surface area (Å²) in [6.45, 7) is 6.62. The van der Waals surface area contributed by atoms with Crippen LogP contribution in [0.1, 0.15) is 51.7 Å². The average Bonchev–Trinajstić information content (AvgIpc) is 2.27. The lowest BCUT2D eigenvalue weighted by Crippen LogP contribution is -2.07. The van der Waals surface area contributed by atoms with Crippen molar-refractivity contribution < 1.29 is 9.84 Å². The van der Waals surface area contributed by atoms with Crippen LogP contribution in [0.3, 0.4) is 0 Å². The van der Waals surface area contributed by atoms with Crippen molar-refractivity contribution in [2.75, 3.05) is 12.8 Å². The molecule has 3 N–H and O–H groups in total. The van der Waals surface area contributed by atoms with E-state index in [4.69, 9.17) is 10.5 Å². The van der Waals surface area contributed by atoms with Crippen LogP contribution in [-0.4, -0.2) is 12.2 Å². The van der Waals surface area contributed by atoms with Crippen LogP contribution in [0.15, 0.2) is 18.2 Å². The quantitative estimate of drug-likeness (QED) is 0.787. The maximum absolute atomic E-state index is 10.2. The summed E-state index contributed by atoms with van der Waals surface area (Å²) in [6.07, 6.45) is 2.30. The number of aliphatic hydroxyl groups is 1. The van der Waals surface area contributed by atoms with Crippen LogP contribution in [-0.2, 0) is 0 Å². The lowest BCUT2D eigenvalue weighted by Gasteiger charge is -2.20. The molecule has 0 amide bonds. The molecular formula is C15H25NO2. The first-order chi connectivity index (χ1) is 8.35. The van der Waals surface area contributed by atoms with Crippen molar-refractivity contribution in [3.05, 3.63) is 23.8 Å². The topological polar surface area (TPSA) is 55.5 Å². The van der Waals surface area contributed by atoms with Gasteiger partial charge in [-0.3, -0.25) is 0 Å². The van der Waals surface area contributed by atoms with E-state index in [1.165, 1.54) is 0 Å². The first kappa shape index (κ1) is 14.8. The number of nitrogen functional groups attached to an aromatic ring is 1. The van der Waals surface area contributed by atoms with E-state index in [9.17, 15) is 5.11 Å². The van der Waals surface area contributed by atoms with Gasteiger partial charge >= 0.3 is 0 Å². The van der Waals surface area contributed by atoms with Crippen LogP contribution in [0, 0.1) is 5.41 Å². The molecular weight excluding hydrogens is 226 g/mol. The average molecular weight is 251 g/mol. The van der Waals surface area contributed by atoms with Crippen molar-refractivity contribution in [1.29, 1.82) is 0 Å². The largest absolute Gasteiger partial charge is 0.495 e. The van der Waals surface area contributed by atoms with E-state index in [-0.39, 0.29) is 0 Å². The molecule has 1 rings (SSSR count). The molecule has 0 fully saturated rings. The molecule has 0 heterocycles. The van der Waals surface area contributed by atoms with Gasteiger partial charge in [-0.25, -0.2) is 0 Å². The zero-order valence-electron chi connectivity index (χ0n) is 11.9. The maximum Gasteiger partial charge on any atom is 0.142 e. The van der Waals surface area contributed by atoms with Crippen molar-refractivity contribution in [3.63, 3.8) is 0 Å². The van der Waals surface area contributed by atoms with E-state index >= 15 is 0 Å². The number of hydrogen-bond acceptors (Lipinski definition) is 3. The summed E-state index contributed by atoms with van der Waals surface area (Å²) < 4.78 is 5.16. The standard InChI is InChI=1S/C15H25NO2/c1-15(2,3)10-6-8-12(17)11-7-5-9-13(18-4)14(11)16/h5,7,9,12,17H,6,8,10,16H2,1-4H3. The number of hydrogen-bond donors (Lipinski definition) is 2. The molecule has 0 bridgehead atoms. The second kappa shape index (κ2) is 6.10. The molecule has 0 aromatic heterocycles. The highest BCUT2D eigenvalue weighted by atomic mass is 16.5. The second-order valence-corrected chi connectivity index (χ2v) is 5.93. The van der Waals surface area contributed by atoms with Gasteiger partial charge in [0.15, 0.2) is 0 Å². The van der Waals surface area contributed by atoms with Crippen molar-refractivity contribution in [2.45, 2.75) is 46.1 Å². The Morgan fingerprint density at radius 1 is 1.33 bits per heavy atom. The van der Waals surface area contributed by atoms with Crippen LogP contribution in [0.25, 0.3) is 0 Å². The Labute approximate surface area is 110 Å². The minimum atomic E-state index is -0.512. The number of anilines is 1. The molecule has 0 radical (unpaired) electrons. The van der Waals surface area contributed by atoms with Gasteiger partial charge in [-0.1, -0.05) is 39.3 Å². The highest BCUT2D eigenvalue weighted by molar-refractivity contribution is 5.59. The van der Waals surface area contributed by atoms with Gasteiger partial charge in [-0.2, -0.15) is 0 Å².